The number of alkyl halides is 1. The van der Waals surface area contributed by atoms with Crippen LogP contribution in [0.15, 0.2) is 18.2 Å². The zero-order valence-electron chi connectivity index (χ0n) is 16.3. The fraction of sp³-hybridized carbons (Fsp3) is 0.682. The Morgan fingerprint density at radius 1 is 0.885 bits per heavy atom. The van der Waals surface area contributed by atoms with Gasteiger partial charge in [-0.15, -0.1) is 0 Å². The van der Waals surface area contributed by atoms with Crippen LogP contribution in [0.5, 0.6) is 5.75 Å². The Balaban J connectivity index is 2.07. The summed E-state index contributed by atoms with van der Waals surface area (Å²) in [6, 6.07) is 5.50. The molecule has 1 N–H and O–H groups in total. The molecule has 0 fully saturated rings. The highest BCUT2D eigenvalue weighted by Crippen LogP contribution is 2.24. The first-order chi connectivity index (χ1) is 12.7. The Hall–Kier alpha value is -0.780. The molecule has 0 heterocycles. The van der Waals surface area contributed by atoms with Crippen molar-refractivity contribution in [3.63, 3.8) is 0 Å². The minimum absolute atomic E-state index is 0.327. The van der Waals surface area contributed by atoms with Crippen LogP contribution >= 0.6 is 22.6 Å². The summed E-state index contributed by atoms with van der Waals surface area (Å²) in [6.45, 7) is 0. The number of ether oxygens (including phenoxy) is 1. The summed E-state index contributed by atoms with van der Waals surface area (Å²) in [6.07, 6.45) is 16.7. The summed E-state index contributed by atoms with van der Waals surface area (Å²) in [5, 5.41) is 9.40. The van der Waals surface area contributed by atoms with Crippen LogP contribution < -0.4 is 4.74 Å². The van der Waals surface area contributed by atoms with E-state index in [-0.39, 0.29) is 0 Å². The standard InChI is InChI=1S/C22H35IO3/c1-26-20-17-14-16-19(21(20)22(24)25)15-12-10-8-6-4-2-3-5-7-9-11-13-18-23/h14,16-17H,2-13,15,18H2,1H3,(H,24,25). The minimum Gasteiger partial charge on any atom is -0.496 e. The molecule has 0 bridgehead atoms. The lowest BCUT2D eigenvalue weighted by molar-refractivity contribution is 0.0692. The molecule has 0 aliphatic carbocycles. The molecule has 1 aromatic rings. The lowest BCUT2D eigenvalue weighted by atomic mass is 9.99. The fourth-order valence-electron chi connectivity index (χ4n) is 3.38. The third-order valence-corrected chi connectivity index (χ3v) is 5.64. The quantitative estimate of drug-likeness (QED) is 0.159. The lowest BCUT2D eigenvalue weighted by Gasteiger charge is -2.10. The van der Waals surface area contributed by atoms with Gasteiger partial charge in [0, 0.05) is 0 Å². The molecule has 0 saturated heterocycles. The van der Waals surface area contributed by atoms with E-state index in [1.165, 1.54) is 82.2 Å². The van der Waals surface area contributed by atoms with E-state index in [0.717, 1.165) is 18.4 Å². The van der Waals surface area contributed by atoms with Crippen molar-refractivity contribution in [2.45, 2.75) is 83.5 Å². The number of carboxylic acid groups (broad SMARTS) is 1. The predicted molar refractivity (Wildman–Crippen MR) is 118 cm³/mol. The van der Waals surface area contributed by atoms with Gasteiger partial charge in [0.15, 0.2) is 0 Å². The maximum absolute atomic E-state index is 11.5. The number of hydrogen-bond acceptors (Lipinski definition) is 2. The van der Waals surface area contributed by atoms with Crippen molar-refractivity contribution in [2.75, 3.05) is 11.5 Å². The largest absolute Gasteiger partial charge is 0.496 e. The second-order valence-electron chi connectivity index (χ2n) is 6.98. The maximum atomic E-state index is 11.5. The number of hydrogen-bond donors (Lipinski definition) is 1. The molecule has 1 aromatic carbocycles. The zero-order chi connectivity index (χ0) is 19.0. The molecule has 3 nitrogen and oxygen atoms in total. The van der Waals surface area contributed by atoms with Crippen LogP contribution in [0, 0.1) is 0 Å². The Morgan fingerprint density at radius 3 is 1.85 bits per heavy atom. The van der Waals surface area contributed by atoms with Crippen molar-refractivity contribution >= 4 is 28.6 Å². The molecule has 0 unspecified atom stereocenters. The molecule has 26 heavy (non-hydrogen) atoms. The Labute approximate surface area is 173 Å². The van der Waals surface area contributed by atoms with Gasteiger partial charge >= 0.3 is 5.97 Å². The van der Waals surface area contributed by atoms with Crippen LogP contribution in [0.25, 0.3) is 0 Å². The van der Waals surface area contributed by atoms with Gasteiger partial charge in [0.05, 0.1) is 7.11 Å². The maximum Gasteiger partial charge on any atom is 0.339 e. The van der Waals surface area contributed by atoms with Crippen LogP contribution in [-0.2, 0) is 6.42 Å². The van der Waals surface area contributed by atoms with Crippen LogP contribution in [0.1, 0.15) is 93.0 Å². The average Bonchev–Trinajstić information content (AvgIpc) is 2.65. The number of carbonyl (C=O) groups is 1. The highest BCUT2D eigenvalue weighted by molar-refractivity contribution is 14.1. The first-order valence-corrected chi connectivity index (χ1v) is 11.7. The molecule has 0 radical (unpaired) electrons. The van der Waals surface area contributed by atoms with Gasteiger partial charge < -0.3 is 9.84 Å². The molecule has 0 aromatic heterocycles. The number of benzene rings is 1. The van der Waals surface area contributed by atoms with E-state index >= 15 is 0 Å². The molecular weight excluding hydrogens is 439 g/mol. The molecule has 0 spiro atoms. The Bertz CT molecular complexity index is 502. The normalized spacial score (nSPS) is 10.8. The molecular formula is C22H35IO3. The second-order valence-corrected chi connectivity index (χ2v) is 8.06. The summed E-state index contributed by atoms with van der Waals surface area (Å²) < 4.78 is 6.48. The molecule has 0 aliphatic heterocycles. The Morgan fingerprint density at radius 2 is 1.38 bits per heavy atom. The third-order valence-electron chi connectivity index (χ3n) is 4.88. The summed E-state index contributed by atoms with van der Waals surface area (Å²) in [5.41, 5.74) is 1.22. The summed E-state index contributed by atoms with van der Waals surface area (Å²) in [7, 11) is 1.52. The summed E-state index contributed by atoms with van der Waals surface area (Å²) in [4.78, 5) is 11.5. The van der Waals surface area contributed by atoms with E-state index in [1.54, 1.807) is 6.07 Å². The van der Waals surface area contributed by atoms with E-state index < -0.39 is 5.97 Å². The SMILES string of the molecule is COc1cccc(CCCCCCCCCCCCCCI)c1C(=O)O. The molecule has 0 saturated carbocycles. The van der Waals surface area contributed by atoms with Crippen LogP contribution in [0.4, 0.5) is 0 Å². The first-order valence-electron chi connectivity index (χ1n) is 10.2. The molecule has 0 atom stereocenters. The number of halogens is 1. The third kappa shape index (κ3) is 9.79. The van der Waals surface area contributed by atoms with Crippen molar-refractivity contribution in [2.24, 2.45) is 0 Å². The van der Waals surface area contributed by atoms with Crippen LogP contribution in [0.2, 0.25) is 0 Å². The number of methoxy groups -OCH3 is 1. The molecule has 148 valence electrons. The van der Waals surface area contributed by atoms with Crippen molar-refractivity contribution < 1.29 is 14.6 Å². The van der Waals surface area contributed by atoms with Gasteiger partial charge in [-0.05, 0) is 35.3 Å². The number of aryl methyl sites for hydroxylation is 1. The minimum atomic E-state index is -0.897. The van der Waals surface area contributed by atoms with Crippen molar-refractivity contribution in [3.8, 4) is 5.75 Å². The molecule has 1 rings (SSSR count). The van der Waals surface area contributed by atoms with Gasteiger partial charge in [-0.2, -0.15) is 0 Å². The van der Waals surface area contributed by atoms with E-state index in [1.807, 2.05) is 12.1 Å². The number of carboxylic acids is 1. The van der Waals surface area contributed by atoms with Gasteiger partial charge in [-0.1, -0.05) is 98.9 Å². The molecule has 0 aliphatic rings. The lowest BCUT2D eigenvalue weighted by Crippen LogP contribution is -2.05. The number of unbranched alkanes of at least 4 members (excludes halogenated alkanes) is 11. The van der Waals surface area contributed by atoms with E-state index in [4.69, 9.17) is 4.74 Å². The van der Waals surface area contributed by atoms with Gasteiger partial charge in [0.2, 0.25) is 0 Å². The number of aromatic carboxylic acids is 1. The van der Waals surface area contributed by atoms with Crippen molar-refractivity contribution in [3.05, 3.63) is 29.3 Å². The van der Waals surface area contributed by atoms with Gasteiger partial charge in [-0.25, -0.2) is 4.79 Å². The summed E-state index contributed by atoms with van der Waals surface area (Å²) >= 11 is 2.46. The fourth-order valence-corrected chi connectivity index (χ4v) is 3.91. The topological polar surface area (TPSA) is 46.5 Å². The van der Waals surface area contributed by atoms with Gasteiger partial charge in [0.1, 0.15) is 11.3 Å². The van der Waals surface area contributed by atoms with Crippen molar-refractivity contribution in [1.29, 1.82) is 0 Å². The van der Waals surface area contributed by atoms with Gasteiger partial charge in [-0.3, -0.25) is 0 Å². The number of rotatable bonds is 16. The highest BCUT2D eigenvalue weighted by Gasteiger charge is 2.15. The van der Waals surface area contributed by atoms with E-state index in [2.05, 4.69) is 22.6 Å². The summed E-state index contributed by atoms with van der Waals surface area (Å²) in [5.74, 6) is -0.434. The predicted octanol–water partition coefficient (Wildman–Crippen LogP) is 7.05. The zero-order valence-corrected chi connectivity index (χ0v) is 18.4. The average molecular weight is 474 g/mol. The molecule has 0 amide bonds. The van der Waals surface area contributed by atoms with Crippen molar-refractivity contribution in [1.82, 2.24) is 0 Å². The van der Waals surface area contributed by atoms with Crippen LogP contribution in [-0.4, -0.2) is 22.6 Å². The first kappa shape index (κ1) is 23.3. The van der Waals surface area contributed by atoms with Gasteiger partial charge in [0.25, 0.3) is 0 Å². The van der Waals surface area contributed by atoms with Crippen LogP contribution in [0.3, 0.4) is 0 Å². The highest BCUT2D eigenvalue weighted by atomic mass is 127. The van der Waals surface area contributed by atoms with E-state index in [9.17, 15) is 9.90 Å². The second kappa shape index (κ2) is 15.3. The Kier molecular flexibility index (Phi) is 13.7. The van der Waals surface area contributed by atoms with E-state index in [0.29, 0.717) is 11.3 Å². The molecule has 4 heteroatoms. The monoisotopic (exact) mass is 474 g/mol. The smallest absolute Gasteiger partial charge is 0.339 e.